The Morgan fingerprint density at radius 1 is 1.31 bits per heavy atom. The Bertz CT molecular complexity index is 890. The van der Waals surface area contributed by atoms with Gasteiger partial charge in [0.1, 0.15) is 5.69 Å². The fraction of sp³-hybridized carbons (Fsp3) is 0.267. The molecule has 3 rings (SSSR count). The van der Waals surface area contributed by atoms with E-state index in [-0.39, 0.29) is 33.7 Å². The second-order valence-electron chi connectivity index (χ2n) is 5.74. The van der Waals surface area contributed by atoms with Crippen molar-refractivity contribution in [2.75, 3.05) is 13.1 Å². The van der Waals surface area contributed by atoms with Crippen LogP contribution in [-0.4, -0.2) is 49.7 Å². The maximum absolute atomic E-state index is 12.5. The molecule has 1 amide bonds. The summed E-state index contributed by atoms with van der Waals surface area (Å²) in [6.07, 6.45) is 1.85. The van der Waals surface area contributed by atoms with E-state index in [9.17, 15) is 19.7 Å². The van der Waals surface area contributed by atoms with Gasteiger partial charge in [-0.05, 0) is 12.5 Å². The van der Waals surface area contributed by atoms with Crippen LogP contribution < -0.4 is 0 Å². The molecule has 1 unspecified atom stereocenters. The number of carbonyl (C=O) groups excluding carboxylic acids is 1. The highest BCUT2D eigenvalue weighted by Gasteiger charge is 2.32. The number of hydrogen-bond acceptors (Lipinski definition) is 5. The monoisotopic (exact) mass is 398 g/mol. The Morgan fingerprint density at radius 2 is 1.96 bits per heavy atom. The number of halogens is 2. The third kappa shape index (κ3) is 3.35. The first-order valence-corrected chi connectivity index (χ1v) is 8.25. The molecule has 0 saturated carbocycles. The minimum Gasteiger partial charge on any atom is -0.481 e. The number of non-ortho nitro benzene ring substituents is 1. The fourth-order valence-corrected chi connectivity index (χ4v) is 3.40. The molecule has 1 atom stereocenters. The van der Waals surface area contributed by atoms with E-state index in [0.717, 1.165) is 12.1 Å². The lowest BCUT2D eigenvalue weighted by atomic mass is 10.1. The van der Waals surface area contributed by atoms with Gasteiger partial charge in [0.2, 0.25) is 0 Å². The number of nitro benzene ring substituents is 1. The summed E-state index contributed by atoms with van der Waals surface area (Å²) in [6.45, 7) is 0.460. The molecule has 1 aliphatic rings. The SMILES string of the molecule is O=C(O)C1CCN(C(=O)c2ccn(-c3c(Cl)cc([N+](=O)[O-])cc3Cl)n2)C1. The van der Waals surface area contributed by atoms with Gasteiger partial charge in [-0.15, -0.1) is 0 Å². The fourth-order valence-electron chi connectivity index (χ4n) is 2.75. The van der Waals surface area contributed by atoms with E-state index in [4.69, 9.17) is 28.3 Å². The van der Waals surface area contributed by atoms with Crippen LogP contribution >= 0.6 is 23.2 Å². The molecule has 1 aromatic heterocycles. The molecule has 1 N–H and O–H groups in total. The Balaban J connectivity index is 1.86. The van der Waals surface area contributed by atoms with E-state index >= 15 is 0 Å². The highest BCUT2D eigenvalue weighted by Crippen LogP contribution is 2.33. The third-order valence-electron chi connectivity index (χ3n) is 4.07. The quantitative estimate of drug-likeness (QED) is 0.624. The van der Waals surface area contributed by atoms with Crippen molar-refractivity contribution in [1.82, 2.24) is 14.7 Å². The zero-order chi connectivity index (χ0) is 19.0. The van der Waals surface area contributed by atoms with Gasteiger partial charge in [-0.3, -0.25) is 19.7 Å². The summed E-state index contributed by atoms with van der Waals surface area (Å²) in [5.41, 5.74) is 0.0494. The van der Waals surface area contributed by atoms with E-state index in [1.165, 1.54) is 21.8 Å². The van der Waals surface area contributed by atoms with Gasteiger partial charge in [0.05, 0.1) is 20.9 Å². The van der Waals surface area contributed by atoms with Gasteiger partial charge in [-0.25, -0.2) is 4.68 Å². The number of carboxylic acids is 1. The van der Waals surface area contributed by atoms with E-state index in [1.54, 1.807) is 0 Å². The molecule has 9 nitrogen and oxygen atoms in total. The van der Waals surface area contributed by atoms with Crippen molar-refractivity contribution in [3.63, 3.8) is 0 Å². The van der Waals surface area contributed by atoms with E-state index in [0.29, 0.717) is 13.0 Å². The minimum absolute atomic E-state index is 0.0124. The maximum Gasteiger partial charge on any atom is 0.308 e. The Kier molecular flexibility index (Phi) is 4.84. The molecule has 136 valence electrons. The molecule has 0 spiro atoms. The van der Waals surface area contributed by atoms with E-state index in [2.05, 4.69) is 5.10 Å². The van der Waals surface area contributed by atoms with Gasteiger partial charge in [0.25, 0.3) is 11.6 Å². The van der Waals surface area contributed by atoms with E-state index < -0.39 is 22.7 Å². The van der Waals surface area contributed by atoms with Crippen molar-refractivity contribution in [2.45, 2.75) is 6.42 Å². The molecule has 1 aromatic carbocycles. The standard InChI is InChI=1S/C15H12Cl2N4O5/c16-10-5-9(21(25)26)6-11(17)13(10)20-4-2-12(18-20)14(22)19-3-1-8(7-19)15(23)24/h2,4-6,8H,1,3,7H2,(H,23,24). The average Bonchev–Trinajstić information content (AvgIpc) is 3.23. The van der Waals surface area contributed by atoms with Crippen molar-refractivity contribution in [1.29, 1.82) is 0 Å². The number of amides is 1. The number of hydrogen-bond donors (Lipinski definition) is 1. The van der Waals surface area contributed by atoms with Crippen LogP contribution in [0.15, 0.2) is 24.4 Å². The van der Waals surface area contributed by atoms with Gasteiger partial charge in [0.15, 0.2) is 5.69 Å². The highest BCUT2D eigenvalue weighted by atomic mass is 35.5. The summed E-state index contributed by atoms with van der Waals surface area (Å²) in [7, 11) is 0. The van der Waals surface area contributed by atoms with Gasteiger partial charge >= 0.3 is 5.97 Å². The van der Waals surface area contributed by atoms with E-state index in [1.807, 2.05) is 0 Å². The number of likely N-dealkylation sites (tertiary alicyclic amines) is 1. The van der Waals surface area contributed by atoms with Crippen LogP contribution in [0.3, 0.4) is 0 Å². The number of nitro groups is 1. The first-order chi connectivity index (χ1) is 12.3. The lowest BCUT2D eigenvalue weighted by Gasteiger charge is -2.14. The molecule has 0 radical (unpaired) electrons. The second kappa shape index (κ2) is 6.93. The van der Waals surface area contributed by atoms with Crippen LogP contribution in [-0.2, 0) is 4.79 Å². The molecule has 2 heterocycles. The number of aromatic nitrogens is 2. The van der Waals surface area contributed by atoms with Crippen molar-refractivity contribution in [3.05, 3.63) is 50.2 Å². The predicted molar refractivity (Wildman–Crippen MR) is 91.9 cm³/mol. The van der Waals surface area contributed by atoms with Crippen LogP contribution in [0.1, 0.15) is 16.9 Å². The van der Waals surface area contributed by atoms with Crippen molar-refractivity contribution in [2.24, 2.45) is 5.92 Å². The summed E-state index contributed by atoms with van der Waals surface area (Å²) >= 11 is 12.1. The molecule has 1 fully saturated rings. The van der Waals surface area contributed by atoms with Crippen molar-refractivity contribution in [3.8, 4) is 5.69 Å². The minimum atomic E-state index is -0.935. The van der Waals surface area contributed by atoms with Gasteiger partial charge in [-0.2, -0.15) is 5.10 Å². The first-order valence-electron chi connectivity index (χ1n) is 7.49. The van der Waals surface area contributed by atoms with Crippen LogP contribution in [0.25, 0.3) is 5.69 Å². The summed E-state index contributed by atoms with van der Waals surface area (Å²) in [5.74, 6) is -1.92. The van der Waals surface area contributed by atoms with Crippen LogP contribution in [0.4, 0.5) is 5.69 Å². The summed E-state index contributed by atoms with van der Waals surface area (Å²) in [6, 6.07) is 3.73. The van der Waals surface area contributed by atoms with Crippen LogP contribution in [0, 0.1) is 16.0 Å². The molecule has 1 aliphatic heterocycles. The van der Waals surface area contributed by atoms with Gasteiger partial charge < -0.3 is 10.0 Å². The lowest BCUT2D eigenvalue weighted by molar-refractivity contribution is -0.384. The summed E-state index contributed by atoms with van der Waals surface area (Å²) in [5, 5.41) is 24.0. The largest absolute Gasteiger partial charge is 0.481 e. The predicted octanol–water partition coefficient (Wildman–Crippen LogP) is 2.63. The number of aliphatic carboxylic acids is 1. The third-order valence-corrected chi connectivity index (χ3v) is 4.65. The van der Waals surface area contributed by atoms with Crippen molar-refractivity contribution >= 4 is 40.8 Å². The molecule has 26 heavy (non-hydrogen) atoms. The van der Waals surface area contributed by atoms with Gasteiger partial charge in [0, 0.05) is 31.4 Å². The number of benzene rings is 1. The number of rotatable bonds is 4. The lowest BCUT2D eigenvalue weighted by Crippen LogP contribution is -2.30. The Hall–Kier alpha value is -2.65. The Morgan fingerprint density at radius 3 is 2.50 bits per heavy atom. The van der Waals surface area contributed by atoms with Gasteiger partial charge in [-0.1, -0.05) is 23.2 Å². The average molecular weight is 399 g/mol. The Labute approximate surface area is 156 Å². The van der Waals surface area contributed by atoms with Crippen LogP contribution in [0.5, 0.6) is 0 Å². The molecular formula is C15H12Cl2N4O5. The highest BCUT2D eigenvalue weighted by molar-refractivity contribution is 6.38. The second-order valence-corrected chi connectivity index (χ2v) is 6.55. The smallest absolute Gasteiger partial charge is 0.308 e. The normalized spacial score (nSPS) is 16.7. The topological polar surface area (TPSA) is 119 Å². The molecule has 1 saturated heterocycles. The molecule has 0 aliphatic carbocycles. The summed E-state index contributed by atoms with van der Waals surface area (Å²) < 4.78 is 1.26. The summed E-state index contributed by atoms with van der Waals surface area (Å²) in [4.78, 5) is 35.1. The zero-order valence-corrected chi connectivity index (χ0v) is 14.6. The molecular weight excluding hydrogens is 387 g/mol. The van der Waals surface area contributed by atoms with Crippen molar-refractivity contribution < 1.29 is 19.6 Å². The number of nitrogens with zero attached hydrogens (tertiary/aromatic N) is 4. The zero-order valence-electron chi connectivity index (χ0n) is 13.1. The number of carbonyl (C=O) groups is 2. The maximum atomic E-state index is 12.5. The van der Waals surface area contributed by atoms with Crippen LogP contribution in [0.2, 0.25) is 10.0 Å². The molecule has 2 aromatic rings. The number of carboxylic acid groups (broad SMARTS) is 1. The first kappa shape index (κ1) is 18.2. The molecule has 0 bridgehead atoms. The molecule has 11 heteroatoms.